The summed E-state index contributed by atoms with van der Waals surface area (Å²) < 4.78 is 0. The molecule has 2 aliphatic carbocycles. The number of carbonyl (C=O) groups is 1. The highest BCUT2D eigenvalue weighted by molar-refractivity contribution is 5.96. The van der Waals surface area contributed by atoms with Gasteiger partial charge in [-0.2, -0.15) is 0 Å². The Morgan fingerprint density at radius 3 is 2.62 bits per heavy atom. The summed E-state index contributed by atoms with van der Waals surface area (Å²) in [7, 11) is 0. The molecule has 1 atom stereocenters. The maximum atomic E-state index is 12.2. The molecule has 0 spiro atoms. The second-order valence-corrected chi connectivity index (χ2v) is 6.01. The molecule has 2 N–H and O–H groups in total. The fourth-order valence-corrected chi connectivity index (χ4v) is 2.40. The molecule has 0 aromatic heterocycles. The van der Waals surface area contributed by atoms with Gasteiger partial charge in [0.1, 0.15) is 5.69 Å². The molecule has 0 heterocycles. The molecule has 1 unspecified atom stereocenters. The summed E-state index contributed by atoms with van der Waals surface area (Å²) in [6, 6.07) is 5.10. The molecule has 1 aromatic carbocycles. The van der Waals surface area contributed by atoms with Crippen LogP contribution in [-0.2, 0) is 0 Å². The monoisotopic (exact) mass is 289 g/mol. The highest BCUT2D eigenvalue weighted by atomic mass is 16.6. The molecule has 2 aliphatic rings. The van der Waals surface area contributed by atoms with Crippen molar-refractivity contribution in [2.45, 2.75) is 44.7 Å². The maximum absolute atomic E-state index is 12.2. The lowest BCUT2D eigenvalue weighted by molar-refractivity contribution is -0.384. The van der Waals surface area contributed by atoms with E-state index in [0.29, 0.717) is 23.2 Å². The van der Waals surface area contributed by atoms with Crippen LogP contribution < -0.4 is 10.6 Å². The molecule has 3 rings (SSSR count). The van der Waals surface area contributed by atoms with Gasteiger partial charge in [0.2, 0.25) is 0 Å². The first-order valence-electron chi connectivity index (χ1n) is 7.40. The summed E-state index contributed by atoms with van der Waals surface area (Å²) >= 11 is 0. The summed E-state index contributed by atoms with van der Waals surface area (Å²) in [6.07, 6.45) is 4.37. The molecular formula is C15H19N3O3. The molecule has 112 valence electrons. The predicted molar refractivity (Wildman–Crippen MR) is 79.4 cm³/mol. The van der Waals surface area contributed by atoms with Crippen LogP contribution in [0.4, 0.5) is 11.4 Å². The molecule has 0 bridgehead atoms. The van der Waals surface area contributed by atoms with Crippen LogP contribution in [0.1, 0.15) is 43.0 Å². The number of hydrogen-bond acceptors (Lipinski definition) is 4. The Hall–Kier alpha value is -2.11. The van der Waals surface area contributed by atoms with E-state index in [1.807, 2.05) is 6.92 Å². The van der Waals surface area contributed by atoms with Crippen molar-refractivity contribution < 1.29 is 9.72 Å². The molecule has 0 saturated heterocycles. The number of nitrogens with zero attached hydrogens (tertiary/aromatic N) is 1. The third-order valence-corrected chi connectivity index (χ3v) is 4.08. The minimum absolute atomic E-state index is 0.0337. The van der Waals surface area contributed by atoms with Crippen LogP contribution in [0.5, 0.6) is 0 Å². The Balaban J connectivity index is 1.76. The molecule has 21 heavy (non-hydrogen) atoms. The van der Waals surface area contributed by atoms with Crippen LogP contribution >= 0.6 is 0 Å². The van der Waals surface area contributed by atoms with Crippen molar-refractivity contribution in [2.75, 3.05) is 5.32 Å². The fourth-order valence-electron chi connectivity index (χ4n) is 2.40. The van der Waals surface area contributed by atoms with Crippen molar-refractivity contribution in [3.8, 4) is 0 Å². The second kappa shape index (κ2) is 5.35. The number of amides is 1. The number of anilines is 1. The van der Waals surface area contributed by atoms with Gasteiger partial charge in [0.05, 0.1) is 4.92 Å². The fraction of sp³-hybridized carbons (Fsp3) is 0.533. The number of nitro benzene ring substituents is 1. The van der Waals surface area contributed by atoms with Gasteiger partial charge in [0.25, 0.3) is 11.6 Å². The smallest absolute Gasteiger partial charge is 0.293 e. The van der Waals surface area contributed by atoms with E-state index >= 15 is 0 Å². The molecular weight excluding hydrogens is 270 g/mol. The summed E-state index contributed by atoms with van der Waals surface area (Å²) in [5.74, 6) is 0.315. The highest BCUT2D eigenvalue weighted by Crippen LogP contribution is 2.33. The van der Waals surface area contributed by atoms with Crippen molar-refractivity contribution >= 4 is 17.3 Å². The van der Waals surface area contributed by atoms with Crippen molar-refractivity contribution in [1.82, 2.24) is 5.32 Å². The van der Waals surface area contributed by atoms with Gasteiger partial charge in [0, 0.05) is 23.7 Å². The van der Waals surface area contributed by atoms with E-state index in [1.165, 1.54) is 6.07 Å². The standard InChI is InChI=1S/C15H19N3O3/c1-9(10-2-3-10)16-15(19)11-4-7-13(17-12-5-6-12)14(8-11)18(20)21/h4,7-10,12,17H,2-3,5-6H2,1H3,(H,16,19). The van der Waals surface area contributed by atoms with Crippen LogP contribution in [0.25, 0.3) is 0 Å². The Bertz CT molecular complexity index is 580. The third-order valence-electron chi connectivity index (χ3n) is 4.08. The van der Waals surface area contributed by atoms with Gasteiger partial charge in [-0.3, -0.25) is 14.9 Å². The van der Waals surface area contributed by atoms with E-state index in [2.05, 4.69) is 10.6 Å². The normalized spacial score (nSPS) is 18.9. The number of nitro groups is 1. The summed E-state index contributed by atoms with van der Waals surface area (Å²) in [6.45, 7) is 1.98. The Labute approximate surface area is 123 Å². The van der Waals surface area contributed by atoms with Gasteiger partial charge in [-0.05, 0) is 50.7 Å². The zero-order valence-corrected chi connectivity index (χ0v) is 12.0. The van der Waals surface area contributed by atoms with Gasteiger partial charge in [-0.15, -0.1) is 0 Å². The molecule has 6 nitrogen and oxygen atoms in total. The first-order valence-corrected chi connectivity index (χ1v) is 7.40. The van der Waals surface area contributed by atoms with Gasteiger partial charge < -0.3 is 10.6 Å². The third kappa shape index (κ3) is 3.32. The quantitative estimate of drug-likeness (QED) is 0.623. The van der Waals surface area contributed by atoms with Crippen LogP contribution in [0, 0.1) is 16.0 Å². The Morgan fingerprint density at radius 2 is 2.05 bits per heavy atom. The number of rotatable bonds is 6. The number of hydrogen-bond donors (Lipinski definition) is 2. The molecule has 0 radical (unpaired) electrons. The molecule has 6 heteroatoms. The molecule has 0 aliphatic heterocycles. The number of benzene rings is 1. The lowest BCUT2D eigenvalue weighted by atomic mass is 10.1. The molecule has 1 amide bonds. The van der Waals surface area contributed by atoms with Gasteiger partial charge >= 0.3 is 0 Å². The maximum Gasteiger partial charge on any atom is 0.293 e. The van der Waals surface area contributed by atoms with Crippen molar-refractivity contribution in [1.29, 1.82) is 0 Å². The molecule has 2 fully saturated rings. The highest BCUT2D eigenvalue weighted by Gasteiger charge is 2.30. The van der Waals surface area contributed by atoms with E-state index in [9.17, 15) is 14.9 Å². The Morgan fingerprint density at radius 1 is 1.33 bits per heavy atom. The summed E-state index contributed by atoms with van der Waals surface area (Å²) in [5, 5.41) is 17.2. The van der Waals surface area contributed by atoms with Gasteiger partial charge in [-0.25, -0.2) is 0 Å². The van der Waals surface area contributed by atoms with Crippen molar-refractivity contribution in [2.24, 2.45) is 5.92 Å². The largest absolute Gasteiger partial charge is 0.377 e. The topological polar surface area (TPSA) is 84.3 Å². The number of carbonyl (C=O) groups excluding carboxylic acids is 1. The van der Waals surface area contributed by atoms with E-state index in [0.717, 1.165) is 25.7 Å². The Kier molecular flexibility index (Phi) is 3.53. The second-order valence-electron chi connectivity index (χ2n) is 6.01. The van der Waals surface area contributed by atoms with Crippen LogP contribution in [0.3, 0.4) is 0 Å². The molecule has 2 saturated carbocycles. The average Bonchev–Trinajstić information content (AvgIpc) is 3.31. The SMILES string of the molecule is CC(NC(=O)c1ccc(NC2CC2)c([N+](=O)[O-])c1)C1CC1. The van der Waals surface area contributed by atoms with Crippen molar-refractivity contribution in [3.63, 3.8) is 0 Å². The zero-order chi connectivity index (χ0) is 15.0. The van der Waals surface area contributed by atoms with E-state index in [1.54, 1.807) is 12.1 Å². The lowest BCUT2D eigenvalue weighted by Crippen LogP contribution is -2.34. The van der Waals surface area contributed by atoms with Crippen LogP contribution in [0.2, 0.25) is 0 Å². The first-order chi connectivity index (χ1) is 10.0. The predicted octanol–water partition coefficient (Wildman–Crippen LogP) is 2.70. The minimum atomic E-state index is -0.439. The first kappa shape index (κ1) is 13.9. The average molecular weight is 289 g/mol. The summed E-state index contributed by atoms with van der Waals surface area (Å²) in [5.41, 5.74) is 0.804. The minimum Gasteiger partial charge on any atom is -0.377 e. The van der Waals surface area contributed by atoms with E-state index in [4.69, 9.17) is 0 Å². The van der Waals surface area contributed by atoms with Crippen LogP contribution in [0.15, 0.2) is 18.2 Å². The van der Waals surface area contributed by atoms with Crippen LogP contribution in [-0.4, -0.2) is 22.9 Å². The van der Waals surface area contributed by atoms with E-state index < -0.39 is 4.92 Å². The van der Waals surface area contributed by atoms with Gasteiger partial charge in [-0.1, -0.05) is 0 Å². The summed E-state index contributed by atoms with van der Waals surface area (Å²) in [4.78, 5) is 22.9. The van der Waals surface area contributed by atoms with Crippen molar-refractivity contribution in [3.05, 3.63) is 33.9 Å². The lowest BCUT2D eigenvalue weighted by Gasteiger charge is -2.13. The van der Waals surface area contributed by atoms with Gasteiger partial charge in [0.15, 0.2) is 0 Å². The number of nitrogens with one attached hydrogen (secondary N) is 2. The van der Waals surface area contributed by atoms with E-state index in [-0.39, 0.29) is 17.6 Å². The molecule has 1 aromatic rings. The zero-order valence-electron chi connectivity index (χ0n) is 12.0.